The molecule has 0 fully saturated rings. The second-order valence-electron chi connectivity index (χ2n) is 6.87. The van der Waals surface area contributed by atoms with Crippen molar-refractivity contribution in [3.05, 3.63) is 69.9 Å². The molecule has 3 aromatic rings. The maximum absolute atomic E-state index is 13.5. The summed E-state index contributed by atoms with van der Waals surface area (Å²) in [6, 6.07) is 9.25. The highest BCUT2D eigenvalue weighted by molar-refractivity contribution is 7.89. The minimum Gasteiger partial charge on any atom is -0.487 e. The molecule has 2 aromatic carbocycles. The molecule has 0 amide bonds. The molecular weight excluding hydrogens is 449 g/mol. The van der Waals surface area contributed by atoms with Crippen LogP contribution in [0.15, 0.2) is 58.4 Å². The van der Waals surface area contributed by atoms with Gasteiger partial charge < -0.3 is 9.84 Å². The SMILES string of the molecule is C[C@@H](CO)COc1c(-c2ccc(S(N)(=O)=O)cc2)cnn(-c2ccc(F)c(Cl)c2)c1=O. The van der Waals surface area contributed by atoms with Gasteiger partial charge in [-0.05, 0) is 35.9 Å². The van der Waals surface area contributed by atoms with E-state index >= 15 is 0 Å². The summed E-state index contributed by atoms with van der Waals surface area (Å²) in [4.78, 5) is 13.1. The lowest BCUT2D eigenvalue weighted by atomic mass is 10.1. The molecule has 0 aliphatic rings. The Bertz CT molecular complexity index is 1260. The third-order valence-electron chi connectivity index (χ3n) is 4.40. The zero-order chi connectivity index (χ0) is 22.8. The second-order valence-corrected chi connectivity index (χ2v) is 8.84. The van der Waals surface area contributed by atoms with Crippen LogP contribution in [0.3, 0.4) is 0 Å². The average Bonchev–Trinajstić information content (AvgIpc) is 2.74. The molecule has 3 N–H and O–H groups in total. The van der Waals surface area contributed by atoms with Crippen LogP contribution < -0.4 is 15.4 Å². The number of aliphatic hydroxyl groups is 1. The molecule has 0 unspecified atom stereocenters. The number of halogens is 2. The Kier molecular flexibility index (Phi) is 6.75. The van der Waals surface area contributed by atoms with E-state index in [1.165, 1.54) is 42.6 Å². The van der Waals surface area contributed by atoms with Crippen LogP contribution in [-0.4, -0.2) is 36.5 Å². The van der Waals surface area contributed by atoms with Crippen LogP contribution in [0.25, 0.3) is 16.8 Å². The van der Waals surface area contributed by atoms with E-state index in [0.717, 1.165) is 10.7 Å². The van der Waals surface area contributed by atoms with Gasteiger partial charge in [-0.3, -0.25) is 4.79 Å². The minimum atomic E-state index is -3.88. The molecule has 3 rings (SSSR count). The van der Waals surface area contributed by atoms with Gasteiger partial charge in [-0.1, -0.05) is 30.7 Å². The molecule has 1 atom stereocenters. The average molecular weight is 468 g/mol. The first kappa shape index (κ1) is 22.9. The van der Waals surface area contributed by atoms with Crippen molar-refractivity contribution in [1.29, 1.82) is 0 Å². The van der Waals surface area contributed by atoms with Crippen LogP contribution in [0.1, 0.15) is 6.92 Å². The van der Waals surface area contributed by atoms with Crippen molar-refractivity contribution < 1.29 is 22.7 Å². The monoisotopic (exact) mass is 467 g/mol. The lowest BCUT2D eigenvalue weighted by Crippen LogP contribution is -2.25. The van der Waals surface area contributed by atoms with Gasteiger partial charge in [-0.15, -0.1) is 0 Å². The van der Waals surface area contributed by atoms with Crippen molar-refractivity contribution in [1.82, 2.24) is 9.78 Å². The fraction of sp³-hybridized carbons (Fsp3) is 0.200. The van der Waals surface area contributed by atoms with Gasteiger partial charge in [0.1, 0.15) is 5.82 Å². The predicted molar refractivity (Wildman–Crippen MR) is 113 cm³/mol. The molecule has 1 heterocycles. The van der Waals surface area contributed by atoms with Crippen molar-refractivity contribution in [3.63, 3.8) is 0 Å². The molecule has 1 aromatic heterocycles. The number of aliphatic hydroxyl groups excluding tert-OH is 1. The molecule has 0 saturated heterocycles. The first-order chi connectivity index (χ1) is 14.6. The van der Waals surface area contributed by atoms with Gasteiger partial charge in [-0.25, -0.2) is 17.9 Å². The number of hydrogen-bond acceptors (Lipinski definition) is 6. The molecule has 164 valence electrons. The molecule has 8 nitrogen and oxygen atoms in total. The zero-order valence-corrected chi connectivity index (χ0v) is 17.9. The fourth-order valence-electron chi connectivity index (χ4n) is 2.69. The molecule has 0 radical (unpaired) electrons. The zero-order valence-electron chi connectivity index (χ0n) is 16.3. The number of nitrogens with two attached hydrogens (primary N) is 1. The Morgan fingerprint density at radius 1 is 1.26 bits per heavy atom. The first-order valence-corrected chi connectivity index (χ1v) is 11.0. The molecule has 0 saturated carbocycles. The topological polar surface area (TPSA) is 125 Å². The number of rotatable bonds is 7. The lowest BCUT2D eigenvalue weighted by Gasteiger charge is -2.15. The summed E-state index contributed by atoms with van der Waals surface area (Å²) in [7, 11) is -3.88. The number of sulfonamides is 1. The van der Waals surface area contributed by atoms with Crippen LogP contribution in [0, 0.1) is 11.7 Å². The van der Waals surface area contributed by atoms with Gasteiger partial charge in [0.05, 0.1) is 28.4 Å². The third kappa shape index (κ3) is 5.10. The van der Waals surface area contributed by atoms with E-state index in [2.05, 4.69) is 5.10 Å². The molecular formula is C20H19ClFN3O5S. The molecule has 0 spiro atoms. The summed E-state index contributed by atoms with van der Waals surface area (Å²) >= 11 is 5.82. The van der Waals surface area contributed by atoms with Crippen LogP contribution in [-0.2, 0) is 10.0 Å². The van der Waals surface area contributed by atoms with Gasteiger partial charge in [-0.2, -0.15) is 9.78 Å². The van der Waals surface area contributed by atoms with E-state index in [1.807, 2.05) is 0 Å². The second kappa shape index (κ2) is 9.15. The predicted octanol–water partition coefficient (Wildman–Crippen LogP) is 2.35. The van der Waals surface area contributed by atoms with E-state index < -0.39 is 21.4 Å². The quantitative estimate of drug-likeness (QED) is 0.549. The summed E-state index contributed by atoms with van der Waals surface area (Å²) in [5.41, 5.74) is 0.363. The Morgan fingerprint density at radius 3 is 2.52 bits per heavy atom. The summed E-state index contributed by atoms with van der Waals surface area (Å²) < 4.78 is 43.2. The Balaban J connectivity index is 2.13. The van der Waals surface area contributed by atoms with Crippen LogP contribution >= 0.6 is 11.6 Å². The number of ether oxygens (including phenoxy) is 1. The minimum absolute atomic E-state index is 0.0438. The molecule has 11 heteroatoms. The van der Waals surface area contributed by atoms with Crippen LogP contribution in [0.2, 0.25) is 5.02 Å². The number of benzene rings is 2. The molecule has 0 bridgehead atoms. The van der Waals surface area contributed by atoms with Gasteiger partial charge in [0, 0.05) is 18.1 Å². The molecule has 0 aliphatic heterocycles. The Hall–Kier alpha value is -2.79. The Labute approximate surface area is 182 Å². The maximum Gasteiger partial charge on any atom is 0.314 e. The highest BCUT2D eigenvalue weighted by Crippen LogP contribution is 2.28. The van der Waals surface area contributed by atoms with Gasteiger partial charge in [0.15, 0.2) is 5.75 Å². The molecule has 0 aliphatic carbocycles. The summed E-state index contributed by atoms with van der Waals surface area (Å²) in [6.45, 7) is 1.63. The van der Waals surface area contributed by atoms with E-state index in [0.29, 0.717) is 11.1 Å². The first-order valence-electron chi connectivity index (χ1n) is 9.06. The number of aromatic nitrogens is 2. The number of primary sulfonamides is 1. The van der Waals surface area contributed by atoms with Gasteiger partial charge >= 0.3 is 5.56 Å². The normalized spacial score (nSPS) is 12.5. The summed E-state index contributed by atoms with van der Waals surface area (Å²) in [6.07, 6.45) is 1.36. The maximum atomic E-state index is 13.5. The van der Waals surface area contributed by atoms with Crippen LogP contribution in [0.4, 0.5) is 4.39 Å². The van der Waals surface area contributed by atoms with E-state index in [1.54, 1.807) is 6.92 Å². The number of hydrogen-bond donors (Lipinski definition) is 2. The summed E-state index contributed by atoms with van der Waals surface area (Å²) in [5.74, 6) is -0.962. The largest absolute Gasteiger partial charge is 0.487 e. The van der Waals surface area contributed by atoms with Crippen molar-refractivity contribution in [3.8, 4) is 22.6 Å². The fourth-order valence-corrected chi connectivity index (χ4v) is 3.38. The van der Waals surface area contributed by atoms with E-state index in [4.69, 9.17) is 21.5 Å². The van der Waals surface area contributed by atoms with E-state index in [9.17, 15) is 22.7 Å². The Morgan fingerprint density at radius 2 is 1.94 bits per heavy atom. The highest BCUT2D eigenvalue weighted by atomic mass is 35.5. The van der Waals surface area contributed by atoms with Crippen LogP contribution in [0.5, 0.6) is 5.75 Å². The van der Waals surface area contributed by atoms with Crippen molar-refractivity contribution in [2.45, 2.75) is 11.8 Å². The van der Waals surface area contributed by atoms with Crippen molar-refractivity contribution >= 4 is 21.6 Å². The smallest absolute Gasteiger partial charge is 0.314 e. The highest BCUT2D eigenvalue weighted by Gasteiger charge is 2.18. The standard InChI is InChI=1S/C20H19ClFN3O5S/c1-12(10-26)11-30-19-16(13-2-5-15(6-3-13)31(23,28)29)9-24-25(20(19)27)14-4-7-18(22)17(21)8-14/h2-9,12,26H,10-11H2,1H3,(H2,23,28,29)/t12-/m0/s1. The van der Waals surface area contributed by atoms with Crippen molar-refractivity contribution in [2.24, 2.45) is 11.1 Å². The van der Waals surface area contributed by atoms with E-state index in [-0.39, 0.29) is 40.5 Å². The lowest BCUT2D eigenvalue weighted by molar-refractivity contribution is 0.173. The summed E-state index contributed by atoms with van der Waals surface area (Å²) in [5, 5.41) is 18.3. The third-order valence-corrected chi connectivity index (χ3v) is 5.62. The number of nitrogens with zero attached hydrogens (tertiary/aromatic N) is 2. The van der Waals surface area contributed by atoms with Crippen molar-refractivity contribution in [2.75, 3.05) is 13.2 Å². The van der Waals surface area contributed by atoms with Gasteiger partial charge in [0.25, 0.3) is 0 Å². The molecule has 31 heavy (non-hydrogen) atoms. The van der Waals surface area contributed by atoms with Gasteiger partial charge in [0.2, 0.25) is 10.0 Å².